The molecule has 4 heteroatoms. The molecule has 1 fully saturated rings. The smallest absolute Gasteiger partial charge is 0.319 e. The van der Waals surface area contributed by atoms with E-state index in [4.69, 9.17) is 4.74 Å². The minimum Gasteiger partial charge on any atom is -0.468 e. The lowest BCUT2D eigenvalue weighted by Crippen LogP contribution is -2.42. The minimum absolute atomic E-state index is 0.158. The van der Waals surface area contributed by atoms with Gasteiger partial charge in [0.15, 0.2) is 5.78 Å². The molecule has 0 aromatic heterocycles. The van der Waals surface area contributed by atoms with Crippen LogP contribution in [0.1, 0.15) is 45.4 Å². The van der Waals surface area contributed by atoms with Crippen LogP contribution in [0.3, 0.4) is 0 Å². The fourth-order valence-electron chi connectivity index (χ4n) is 2.34. The van der Waals surface area contributed by atoms with Crippen LogP contribution in [0.4, 0.5) is 0 Å². The summed E-state index contributed by atoms with van der Waals surface area (Å²) in [6, 6.07) is 0. The number of ether oxygens (including phenoxy) is 1. The molecule has 1 rings (SSSR count). The Morgan fingerprint density at radius 2 is 1.69 bits per heavy atom. The van der Waals surface area contributed by atoms with Gasteiger partial charge in [0.1, 0.15) is 11.2 Å². The highest BCUT2D eigenvalue weighted by atomic mass is 16.5. The Morgan fingerprint density at radius 3 is 2.12 bits per heavy atom. The number of hydrogen-bond acceptors (Lipinski definition) is 4. The second-order valence-electron chi connectivity index (χ2n) is 4.44. The molecule has 16 heavy (non-hydrogen) atoms. The summed E-state index contributed by atoms with van der Waals surface area (Å²) >= 11 is 0. The van der Waals surface area contributed by atoms with Crippen LogP contribution in [0.25, 0.3) is 0 Å². The first-order valence-electron chi connectivity index (χ1n) is 5.64. The van der Waals surface area contributed by atoms with E-state index in [-0.39, 0.29) is 18.0 Å². The quantitative estimate of drug-likeness (QED) is 0.540. The zero-order valence-corrected chi connectivity index (χ0v) is 9.88. The fourth-order valence-corrected chi connectivity index (χ4v) is 2.34. The van der Waals surface area contributed by atoms with E-state index in [1.54, 1.807) is 0 Å². The molecule has 0 aromatic rings. The van der Waals surface area contributed by atoms with Crippen molar-refractivity contribution >= 4 is 17.5 Å². The van der Waals surface area contributed by atoms with Crippen LogP contribution in [0, 0.1) is 5.41 Å². The summed E-state index contributed by atoms with van der Waals surface area (Å²) in [5, 5.41) is 0. The number of ketones is 2. The molecule has 4 nitrogen and oxygen atoms in total. The number of carbonyl (C=O) groups excluding carboxylic acids is 3. The third-order valence-corrected chi connectivity index (χ3v) is 3.23. The van der Waals surface area contributed by atoms with Crippen molar-refractivity contribution < 1.29 is 19.1 Å². The SMILES string of the molecule is COC(=O)C1(C(=O)CC(C)=O)CCCCC1. The zero-order chi connectivity index (χ0) is 12.2. The lowest BCUT2D eigenvalue weighted by atomic mass is 9.70. The molecule has 1 aliphatic rings. The van der Waals surface area contributed by atoms with E-state index < -0.39 is 11.4 Å². The Kier molecular flexibility index (Phi) is 4.21. The van der Waals surface area contributed by atoms with Gasteiger partial charge in [-0.2, -0.15) is 0 Å². The van der Waals surface area contributed by atoms with Gasteiger partial charge in [-0.25, -0.2) is 0 Å². The summed E-state index contributed by atoms with van der Waals surface area (Å²) in [5.41, 5.74) is -1.04. The molecule has 0 atom stereocenters. The molecule has 1 saturated carbocycles. The Labute approximate surface area is 95.3 Å². The maximum atomic E-state index is 12.0. The molecular weight excluding hydrogens is 208 g/mol. The highest BCUT2D eigenvalue weighted by Gasteiger charge is 2.46. The first kappa shape index (κ1) is 12.9. The van der Waals surface area contributed by atoms with Gasteiger partial charge in [-0.1, -0.05) is 19.3 Å². The Hall–Kier alpha value is -1.19. The average Bonchev–Trinajstić information content (AvgIpc) is 2.28. The van der Waals surface area contributed by atoms with E-state index in [1.165, 1.54) is 14.0 Å². The summed E-state index contributed by atoms with van der Waals surface area (Å²) in [4.78, 5) is 34.7. The molecule has 0 aliphatic heterocycles. The van der Waals surface area contributed by atoms with E-state index in [2.05, 4.69) is 0 Å². The highest BCUT2D eigenvalue weighted by Crippen LogP contribution is 2.39. The Balaban J connectivity index is 2.89. The van der Waals surface area contributed by atoms with Crippen LogP contribution in [0.2, 0.25) is 0 Å². The third-order valence-electron chi connectivity index (χ3n) is 3.23. The molecule has 0 radical (unpaired) electrons. The first-order valence-corrected chi connectivity index (χ1v) is 5.64. The molecule has 0 unspecified atom stereocenters. The van der Waals surface area contributed by atoms with E-state index in [1.807, 2.05) is 0 Å². The molecule has 0 amide bonds. The van der Waals surface area contributed by atoms with Gasteiger partial charge in [0.2, 0.25) is 0 Å². The lowest BCUT2D eigenvalue weighted by Gasteiger charge is -2.32. The van der Waals surface area contributed by atoms with Crippen molar-refractivity contribution in [2.24, 2.45) is 5.41 Å². The predicted octanol–water partition coefficient (Wildman–Crippen LogP) is 1.66. The van der Waals surface area contributed by atoms with Gasteiger partial charge in [0, 0.05) is 0 Å². The fraction of sp³-hybridized carbons (Fsp3) is 0.750. The summed E-state index contributed by atoms with van der Waals surface area (Å²) in [5.74, 6) is -0.941. The van der Waals surface area contributed by atoms with E-state index in [9.17, 15) is 14.4 Å². The van der Waals surface area contributed by atoms with Crippen molar-refractivity contribution in [2.45, 2.75) is 45.4 Å². The van der Waals surface area contributed by atoms with Gasteiger partial charge >= 0.3 is 5.97 Å². The third kappa shape index (κ3) is 2.49. The van der Waals surface area contributed by atoms with Gasteiger partial charge in [0.25, 0.3) is 0 Å². The molecule has 1 aliphatic carbocycles. The van der Waals surface area contributed by atoms with Crippen molar-refractivity contribution in [1.82, 2.24) is 0 Å². The summed E-state index contributed by atoms with van der Waals surface area (Å²) in [6.45, 7) is 1.37. The Bertz CT molecular complexity index is 300. The topological polar surface area (TPSA) is 60.4 Å². The monoisotopic (exact) mass is 226 g/mol. The summed E-state index contributed by atoms with van der Waals surface area (Å²) < 4.78 is 4.72. The van der Waals surface area contributed by atoms with Crippen LogP contribution in [-0.2, 0) is 19.1 Å². The van der Waals surface area contributed by atoms with Gasteiger partial charge in [0.05, 0.1) is 13.5 Å². The zero-order valence-electron chi connectivity index (χ0n) is 9.88. The van der Waals surface area contributed by atoms with Crippen molar-refractivity contribution in [3.05, 3.63) is 0 Å². The van der Waals surface area contributed by atoms with Crippen LogP contribution >= 0.6 is 0 Å². The van der Waals surface area contributed by atoms with Crippen molar-refractivity contribution in [2.75, 3.05) is 7.11 Å². The van der Waals surface area contributed by atoms with Crippen molar-refractivity contribution in [1.29, 1.82) is 0 Å². The first-order chi connectivity index (χ1) is 7.53. The highest BCUT2D eigenvalue weighted by molar-refractivity contribution is 6.10. The Morgan fingerprint density at radius 1 is 1.12 bits per heavy atom. The van der Waals surface area contributed by atoms with Gasteiger partial charge in [-0.05, 0) is 19.8 Å². The molecule has 0 N–H and O–H groups in total. The lowest BCUT2D eigenvalue weighted by molar-refractivity contribution is -0.160. The van der Waals surface area contributed by atoms with Crippen LogP contribution in [-0.4, -0.2) is 24.6 Å². The van der Waals surface area contributed by atoms with Crippen LogP contribution in [0.15, 0.2) is 0 Å². The van der Waals surface area contributed by atoms with Crippen LogP contribution in [0.5, 0.6) is 0 Å². The maximum Gasteiger partial charge on any atom is 0.319 e. The number of esters is 1. The second kappa shape index (κ2) is 5.23. The van der Waals surface area contributed by atoms with E-state index >= 15 is 0 Å². The van der Waals surface area contributed by atoms with E-state index in [0.717, 1.165) is 19.3 Å². The molecule has 0 aromatic carbocycles. The predicted molar refractivity (Wildman–Crippen MR) is 57.8 cm³/mol. The van der Waals surface area contributed by atoms with Gasteiger partial charge in [-0.3, -0.25) is 14.4 Å². The minimum atomic E-state index is -1.04. The molecule has 0 heterocycles. The average molecular weight is 226 g/mol. The summed E-state index contributed by atoms with van der Waals surface area (Å²) in [7, 11) is 1.29. The second-order valence-corrected chi connectivity index (χ2v) is 4.44. The molecule has 0 spiro atoms. The number of carbonyl (C=O) groups is 3. The standard InChI is InChI=1S/C12H18O4/c1-9(13)8-10(14)12(11(15)16-2)6-4-3-5-7-12/h3-8H2,1-2H3. The number of rotatable bonds is 4. The largest absolute Gasteiger partial charge is 0.468 e. The molecule has 0 saturated heterocycles. The maximum absolute atomic E-state index is 12.0. The molecular formula is C12H18O4. The van der Waals surface area contributed by atoms with Crippen molar-refractivity contribution in [3.63, 3.8) is 0 Å². The number of hydrogen-bond donors (Lipinski definition) is 0. The normalized spacial score (nSPS) is 18.9. The van der Waals surface area contributed by atoms with Gasteiger partial charge in [-0.15, -0.1) is 0 Å². The van der Waals surface area contributed by atoms with E-state index in [0.29, 0.717) is 12.8 Å². The summed E-state index contributed by atoms with van der Waals surface area (Å²) in [6.07, 6.45) is 3.61. The van der Waals surface area contributed by atoms with Gasteiger partial charge < -0.3 is 4.74 Å². The van der Waals surface area contributed by atoms with Crippen molar-refractivity contribution in [3.8, 4) is 0 Å². The van der Waals surface area contributed by atoms with Crippen LogP contribution < -0.4 is 0 Å². The number of Topliss-reactive ketones (excluding diaryl/α,β-unsaturated/α-hetero) is 2. The molecule has 90 valence electrons. The molecule has 0 bridgehead atoms. The number of methoxy groups -OCH3 is 1.